The van der Waals surface area contributed by atoms with Gasteiger partial charge in [0.15, 0.2) is 5.58 Å². The summed E-state index contributed by atoms with van der Waals surface area (Å²) in [7, 11) is 1.41. The molecule has 1 aliphatic heterocycles. The van der Waals surface area contributed by atoms with Crippen LogP contribution in [0.4, 0.5) is 16.1 Å². The van der Waals surface area contributed by atoms with Gasteiger partial charge >= 0.3 is 5.97 Å². The van der Waals surface area contributed by atoms with E-state index in [-0.39, 0.29) is 49.3 Å². The van der Waals surface area contributed by atoms with Crippen molar-refractivity contribution in [2.45, 2.75) is 63.8 Å². The Morgan fingerprint density at radius 3 is 2.68 bits per heavy atom. The molecule has 1 saturated heterocycles. The number of hydrogen-bond donors (Lipinski definition) is 1. The SMILES string of the molecule is COC(=O)[C@H]1CC[C@H](OC[C@@H]2C[C@H](F)CN2C(=O)Cc2ccc(Nc3nc4ccccc4o3)c(C)c2)CC1. The summed E-state index contributed by atoms with van der Waals surface area (Å²) in [5, 5.41) is 3.21. The Balaban J connectivity index is 1.15. The molecule has 2 fully saturated rings. The van der Waals surface area contributed by atoms with Gasteiger partial charge in [0.1, 0.15) is 11.7 Å². The second-order valence-corrected chi connectivity index (χ2v) is 10.3. The molecule has 38 heavy (non-hydrogen) atoms. The third-order valence-corrected chi connectivity index (χ3v) is 7.60. The molecule has 2 aliphatic rings. The molecule has 1 aromatic heterocycles. The lowest BCUT2D eigenvalue weighted by Gasteiger charge is -2.30. The number of halogens is 1. The Morgan fingerprint density at radius 1 is 1.16 bits per heavy atom. The van der Waals surface area contributed by atoms with E-state index in [1.807, 2.05) is 49.4 Å². The van der Waals surface area contributed by atoms with Gasteiger partial charge in [0.2, 0.25) is 5.91 Å². The zero-order chi connectivity index (χ0) is 26.6. The van der Waals surface area contributed by atoms with E-state index in [4.69, 9.17) is 13.9 Å². The highest BCUT2D eigenvalue weighted by Crippen LogP contribution is 2.29. The van der Waals surface area contributed by atoms with E-state index in [2.05, 4.69) is 10.3 Å². The molecule has 1 amide bonds. The summed E-state index contributed by atoms with van der Waals surface area (Å²) in [6.07, 6.45) is 2.45. The number of carbonyl (C=O) groups is 2. The fourth-order valence-electron chi connectivity index (χ4n) is 5.50. The van der Waals surface area contributed by atoms with Crippen LogP contribution in [0.1, 0.15) is 43.2 Å². The fourth-order valence-corrected chi connectivity index (χ4v) is 5.50. The maximum atomic E-state index is 14.3. The van der Waals surface area contributed by atoms with E-state index >= 15 is 0 Å². The van der Waals surface area contributed by atoms with E-state index in [9.17, 15) is 14.0 Å². The lowest BCUT2D eigenvalue weighted by molar-refractivity contribution is -0.148. The van der Waals surface area contributed by atoms with Crippen LogP contribution in [-0.4, -0.2) is 60.3 Å². The number of amides is 1. The zero-order valence-corrected chi connectivity index (χ0v) is 21.8. The summed E-state index contributed by atoms with van der Waals surface area (Å²) < 4.78 is 31.0. The third kappa shape index (κ3) is 5.99. The number of nitrogens with one attached hydrogen (secondary N) is 1. The van der Waals surface area contributed by atoms with Crippen molar-refractivity contribution in [1.82, 2.24) is 9.88 Å². The van der Waals surface area contributed by atoms with Gasteiger partial charge in [-0.3, -0.25) is 9.59 Å². The summed E-state index contributed by atoms with van der Waals surface area (Å²) in [6.45, 7) is 2.36. The molecule has 5 rings (SSSR count). The molecule has 0 spiro atoms. The highest BCUT2D eigenvalue weighted by atomic mass is 19.1. The number of aryl methyl sites for hydroxylation is 1. The normalized spacial score (nSPS) is 23.5. The van der Waals surface area contributed by atoms with Gasteiger partial charge in [0, 0.05) is 12.1 Å². The van der Waals surface area contributed by atoms with Gasteiger partial charge in [-0.05, 0) is 61.9 Å². The fraction of sp³-hybridized carbons (Fsp3) is 0.483. The molecule has 1 saturated carbocycles. The first-order valence-corrected chi connectivity index (χ1v) is 13.2. The Labute approximate surface area is 221 Å². The van der Waals surface area contributed by atoms with E-state index in [0.29, 0.717) is 18.2 Å². The molecule has 0 radical (unpaired) electrons. The number of benzene rings is 2. The van der Waals surface area contributed by atoms with Crippen LogP contribution in [0, 0.1) is 12.8 Å². The van der Waals surface area contributed by atoms with Crippen LogP contribution in [0.2, 0.25) is 0 Å². The molecule has 0 unspecified atom stereocenters. The van der Waals surface area contributed by atoms with Gasteiger partial charge in [-0.15, -0.1) is 0 Å². The largest absolute Gasteiger partial charge is 0.469 e. The number of anilines is 2. The van der Waals surface area contributed by atoms with Crippen LogP contribution in [0.5, 0.6) is 0 Å². The molecule has 1 aliphatic carbocycles. The Morgan fingerprint density at radius 2 is 1.95 bits per heavy atom. The molecule has 2 atom stereocenters. The van der Waals surface area contributed by atoms with Crippen molar-refractivity contribution in [2.24, 2.45) is 5.92 Å². The van der Waals surface area contributed by atoms with Gasteiger partial charge in [-0.25, -0.2) is 4.39 Å². The number of aromatic nitrogens is 1. The molecule has 9 heteroatoms. The van der Waals surface area contributed by atoms with Crippen molar-refractivity contribution in [3.05, 3.63) is 53.6 Å². The molecule has 0 bridgehead atoms. The summed E-state index contributed by atoms with van der Waals surface area (Å²) in [4.78, 5) is 31.0. The number of oxazole rings is 1. The number of nitrogens with zero attached hydrogens (tertiary/aromatic N) is 2. The topological polar surface area (TPSA) is 93.9 Å². The Kier molecular flexibility index (Phi) is 7.93. The van der Waals surface area contributed by atoms with Gasteiger partial charge < -0.3 is 24.1 Å². The summed E-state index contributed by atoms with van der Waals surface area (Å²) in [6, 6.07) is 13.4. The second-order valence-electron chi connectivity index (χ2n) is 10.3. The quantitative estimate of drug-likeness (QED) is 0.410. The van der Waals surface area contributed by atoms with Gasteiger partial charge in [0.25, 0.3) is 6.01 Å². The molecule has 2 aromatic carbocycles. The maximum absolute atomic E-state index is 14.3. The van der Waals surface area contributed by atoms with E-state index < -0.39 is 6.17 Å². The van der Waals surface area contributed by atoms with Crippen LogP contribution < -0.4 is 5.32 Å². The zero-order valence-electron chi connectivity index (χ0n) is 21.8. The first kappa shape index (κ1) is 26.2. The number of hydrogen-bond acceptors (Lipinski definition) is 7. The van der Waals surface area contributed by atoms with Crippen molar-refractivity contribution in [2.75, 3.05) is 25.6 Å². The lowest BCUT2D eigenvalue weighted by Crippen LogP contribution is -2.40. The number of carbonyl (C=O) groups excluding carboxylic acids is 2. The van der Waals surface area contributed by atoms with Crippen molar-refractivity contribution < 1.29 is 27.9 Å². The number of alkyl halides is 1. The first-order chi connectivity index (χ1) is 18.4. The minimum atomic E-state index is -1.05. The van der Waals surface area contributed by atoms with Crippen LogP contribution in [0.15, 0.2) is 46.9 Å². The van der Waals surface area contributed by atoms with Gasteiger partial charge in [-0.1, -0.05) is 24.3 Å². The Hall–Kier alpha value is -3.46. The standard InChI is InChI=1S/C29H34FN3O5/c1-18-13-19(7-12-24(18)31-29-32-25-5-3-4-6-26(25)38-29)14-27(34)33-16-21(30)15-22(33)17-37-23-10-8-20(9-11-23)28(35)36-2/h3-7,12-13,20-23H,8-11,14-17H2,1-2H3,(H,31,32)/t20-,21-,22-,23-/m0/s1. The van der Waals surface area contributed by atoms with Crippen molar-refractivity contribution >= 4 is 34.7 Å². The number of methoxy groups -OCH3 is 1. The maximum Gasteiger partial charge on any atom is 0.308 e. The number of likely N-dealkylation sites (tertiary alicyclic amines) is 1. The molecule has 3 aromatic rings. The monoisotopic (exact) mass is 523 g/mol. The summed E-state index contributed by atoms with van der Waals surface area (Å²) in [5.41, 5.74) is 4.13. The summed E-state index contributed by atoms with van der Waals surface area (Å²) in [5.74, 6) is -0.339. The number of rotatable bonds is 8. The lowest BCUT2D eigenvalue weighted by atomic mass is 9.87. The average molecular weight is 524 g/mol. The molecule has 202 valence electrons. The van der Waals surface area contributed by atoms with Crippen LogP contribution in [-0.2, 0) is 25.5 Å². The number of para-hydroxylation sites is 2. The first-order valence-electron chi connectivity index (χ1n) is 13.2. The predicted molar refractivity (Wildman–Crippen MR) is 141 cm³/mol. The predicted octanol–water partition coefficient (Wildman–Crippen LogP) is 5.11. The van der Waals surface area contributed by atoms with E-state index in [1.165, 1.54) is 7.11 Å². The second kappa shape index (κ2) is 11.5. The Bertz CT molecular complexity index is 1250. The molecular weight excluding hydrogens is 489 g/mol. The van der Waals surface area contributed by atoms with E-state index in [0.717, 1.165) is 48.0 Å². The van der Waals surface area contributed by atoms with Crippen LogP contribution >= 0.6 is 0 Å². The van der Waals surface area contributed by atoms with Gasteiger partial charge in [0.05, 0.1) is 44.7 Å². The smallest absolute Gasteiger partial charge is 0.308 e. The van der Waals surface area contributed by atoms with Crippen molar-refractivity contribution in [3.8, 4) is 0 Å². The third-order valence-electron chi connectivity index (χ3n) is 7.60. The molecule has 2 heterocycles. The minimum Gasteiger partial charge on any atom is -0.469 e. The number of ether oxygens (including phenoxy) is 2. The summed E-state index contributed by atoms with van der Waals surface area (Å²) >= 11 is 0. The minimum absolute atomic E-state index is 0.0236. The van der Waals surface area contributed by atoms with Crippen LogP contribution in [0.3, 0.4) is 0 Å². The number of esters is 1. The molecule has 1 N–H and O–H groups in total. The van der Waals surface area contributed by atoms with Crippen molar-refractivity contribution in [1.29, 1.82) is 0 Å². The highest BCUT2D eigenvalue weighted by molar-refractivity contribution is 5.80. The average Bonchev–Trinajstić information content (AvgIpc) is 3.51. The van der Waals surface area contributed by atoms with Gasteiger partial charge in [-0.2, -0.15) is 4.98 Å². The van der Waals surface area contributed by atoms with Crippen molar-refractivity contribution in [3.63, 3.8) is 0 Å². The van der Waals surface area contributed by atoms with E-state index in [1.54, 1.807) is 4.90 Å². The molecular formula is C29H34FN3O5. The molecule has 8 nitrogen and oxygen atoms in total. The highest BCUT2D eigenvalue weighted by Gasteiger charge is 2.36. The van der Waals surface area contributed by atoms with Crippen LogP contribution in [0.25, 0.3) is 11.1 Å². The number of fused-ring (bicyclic) bond motifs is 1.